The fraction of sp³-hybridized carbons (Fsp3) is 0.909. The zero-order valence-corrected chi connectivity index (χ0v) is 17.7. The van der Waals surface area contributed by atoms with Crippen molar-refractivity contribution in [1.29, 1.82) is 0 Å². The first-order valence-electron chi connectivity index (χ1n) is 11.1. The van der Waals surface area contributed by atoms with Crippen molar-refractivity contribution in [2.45, 2.75) is 82.2 Å². The predicted octanol–water partition coefficient (Wildman–Crippen LogP) is -0.0787. The van der Waals surface area contributed by atoms with Crippen LogP contribution in [-0.4, -0.2) is 73.9 Å². The van der Waals surface area contributed by atoms with Crippen molar-refractivity contribution < 1.29 is 39.9 Å². The van der Waals surface area contributed by atoms with Crippen LogP contribution in [-0.2, 0) is 14.3 Å². The average molecular weight is 427 g/mol. The number of esters is 1. The molecule has 5 N–H and O–H groups in total. The second kappa shape index (κ2) is 6.97. The van der Waals surface area contributed by atoms with Gasteiger partial charge < -0.3 is 30.3 Å². The monoisotopic (exact) mass is 426 g/mol. The average Bonchev–Trinajstić information content (AvgIpc) is 2.92. The lowest BCUT2D eigenvalue weighted by Crippen LogP contribution is -2.75. The minimum absolute atomic E-state index is 0.0899. The van der Waals surface area contributed by atoms with Crippen molar-refractivity contribution in [3.8, 4) is 0 Å². The third-order valence-electron chi connectivity index (χ3n) is 9.33. The van der Waals surface area contributed by atoms with Crippen molar-refractivity contribution >= 4 is 11.8 Å². The van der Waals surface area contributed by atoms with Crippen molar-refractivity contribution in [2.24, 2.45) is 28.6 Å². The summed E-state index contributed by atoms with van der Waals surface area (Å²) in [4.78, 5) is 24.8. The largest absolute Gasteiger partial charge is 0.466 e. The number of ketones is 1. The van der Waals surface area contributed by atoms with Crippen LogP contribution in [0.25, 0.3) is 0 Å². The zero-order valence-electron chi connectivity index (χ0n) is 17.7. The molecule has 0 spiro atoms. The maximum Gasteiger partial charge on any atom is 0.309 e. The van der Waals surface area contributed by atoms with Crippen LogP contribution < -0.4 is 0 Å². The Morgan fingerprint density at radius 1 is 1.20 bits per heavy atom. The summed E-state index contributed by atoms with van der Waals surface area (Å²) in [5.74, 6) is -2.52. The van der Waals surface area contributed by atoms with Gasteiger partial charge in [0, 0.05) is 24.2 Å². The van der Waals surface area contributed by atoms with E-state index in [1.165, 1.54) is 0 Å². The first kappa shape index (κ1) is 22.1. The molecule has 8 heteroatoms. The molecule has 0 unspecified atom stereocenters. The second-order valence-corrected chi connectivity index (χ2v) is 10.3. The lowest BCUT2D eigenvalue weighted by molar-refractivity contribution is -0.304. The van der Waals surface area contributed by atoms with Crippen LogP contribution in [0, 0.1) is 28.6 Å². The zero-order chi connectivity index (χ0) is 22.1. The number of carbonyl (C=O) groups is 2. The summed E-state index contributed by atoms with van der Waals surface area (Å²) in [7, 11) is 0. The van der Waals surface area contributed by atoms with E-state index >= 15 is 0 Å². The lowest BCUT2D eigenvalue weighted by atomic mass is 9.40. The van der Waals surface area contributed by atoms with E-state index in [1.807, 2.05) is 6.92 Å². The van der Waals surface area contributed by atoms with Gasteiger partial charge in [-0.15, -0.1) is 0 Å². The Kier molecular flexibility index (Phi) is 5.14. The molecule has 8 nitrogen and oxygen atoms in total. The van der Waals surface area contributed by atoms with Gasteiger partial charge in [-0.1, -0.05) is 6.92 Å². The van der Waals surface area contributed by atoms with Gasteiger partial charge in [-0.05, 0) is 44.9 Å². The second-order valence-electron chi connectivity index (χ2n) is 10.3. The maximum absolute atomic E-state index is 12.6. The quantitative estimate of drug-likeness (QED) is 0.394. The molecule has 4 aliphatic carbocycles. The minimum Gasteiger partial charge on any atom is -0.466 e. The summed E-state index contributed by atoms with van der Waals surface area (Å²) < 4.78 is 5.24. The van der Waals surface area contributed by atoms with Gasteiger partial charge in [0.05, 0.1) is 48.0 Å². The van der Waals surface area contributed by atoms with Crippen LogP contribution in [0.5, 0.6) is 0 Å². The number of hydrogen-bond acceptors (Lipinski definition) is 8. The molecule has 0 radical (unpaired) electrons. The first-order chi connectivity index (χ1) is 14.0. The van der Waals surface area contributed by atoms with Gasteiger partial charge in [-0.2, -0.15) is 0 Å². The van der Waals surface area contributed by atoms with E-state index in [1.54, 1.807) is 6.92 Å². The van der Waals surface area contributed by atoms with Gasteiger partial charge in [0.25, 0.3) is 0 Å². The molecule has 9 atom stereocenters. The number of aliphatic hydroxyl groups is 5. The van der Waals surface area contributed by atoms with Crippen LogP contribution in [0.15, 0.2) is 0 Å². The fourth-order valence-corrected chi connectivity index (χ4v) is 7.94. The van der Waals surface area contributed by atoms with Crippen LogP contribution >= 0.6 is 0 Å². The number of rotatable bonds is 3. The molecule has 0 heterocycles. The third-order valence-corrected chi connectivity index (χ3v) is 9.33. The summed E-state index contributed by atoms with van der Waals surface area (Å²) >= 11 is 0. The molecule has 170 valence electrons. The van der Waals surface area contributed by atoms with Crippen molar-refractivity contribution in [2.75, 3.05) is 13.2 Å². The third kappa shape index (κ3) is 2.51. The molecule has 0 saturated heterocycles. The van der Waals surface area contributed by atoms with Crippen LogP contribution in [0.4, 0.5) is 0 Å². The fourth-order valence-electron chi connectivity index (χ4n) is 7.94. The molecular formula is C22H34O8. The lowest BCUT2D eigenvalue weighted by Gasteiger charge is -2.67. The van der Waals surface area contributed by atoms with Crippen molar-refractivity contribution in [3.63, 3.8) is 0 Å². The predicted molar refractivity (Wildman–Crippen MR) is 104 cm³/mol. The molecular weight excluding hydrogens is 392 g/mol. The molecule has 4 aliphatic rings. The standard InChI is InChI=1S/C22H34O8/c1-3-30-18(27)14-5-7-22(29)13-4-6-20(28)9-12(24)8-16(26)21(20,11-23)17(13)15(25)10-19(14,22)2/h13-17,23,25-26,28-29H,3-11H2,1-2H3/t13-,14-,15-,16-,17-,19-,20+,21-,22-/m1/s1. The highest BCUT2D eigenvalue weighted by Crippen LogP contribution is 2.69. The van der Waals surface area contributed by atoms with E-state index in [0.717, 1.165) is 0 Å². The summed E-state index contributed by atoms with van der Waals surface area (Å²) in [6.07, 6.45) is -1.42. The number of ether oxygens (including phenoxy) is 1. The molecule has 30 heavy (non-hydrogen) atoms. The Morgan fingerprint density at radius 2 is 1.90 bits per heavy atom. The Hall–Kier alpha value is -1.06. The molecule has 0 aliphatic heterocycles. The topological polar surface area (TPSA) is 145 Å². The van der Waals surface area contributed by atoms with E-state index < -0.39 is 58.6 Å². The number of Topliss-reactive ketones (excluding diaryl/α,β-unsaturated/α-hetero) is 1. The molecule has 0 bridgehead atoms. The van der Waals surface area contributed by atoms with Crippen molar-refractivity contribution in [3.05, 3.63) is 0 Å². The summed E-state index contributed by atoms with van der Waals surface area (Å²) in [6.45, 7) is 3.18. The highest BCUT2D eigenvalue weighted by molar-refractivity contribution is 5.81. The Balaban J connectivity index is 1.79. The smallest absolute Gasteiger partial charge is 0.309 e. The Morgan fingerprint density at radius 3 is 2.53 bits per heavy atom. The van der Waals surface area contributed by atoms with Crippen LogP contribution in [0.2, 0.25) is 0 Å². The molecule has 0 aromatic rings. The Bertz CT molecular complexity index is 741. The first-order valence-corrected chi connectivity index (χ1v) is 11.1. The van der Waals surface area contributed by atoms with E-state index in [-0.39, 0.29) is 44.0 Å². The molecule has 4 saturated carbocycles. The number of carbonyl (C=O) groups excluding carboxylic acids is 2. The van der Waals surface area contributed by atoms with Gasteiger partial charge >= 0.3 is 5.97 Å². The summed E-state index contributed by atoms with van der Waals surface area (Å²) in [5.41, 5.74) is -5.36. The maximum atomic E-state index is 12.6. The molecule has 4 fully saturated rings. The van der Waals surface area contributed by atoms with Gasteiger partial charge in [0.2, 0.25) is 0 Å². The number of aliphatic hydroxyl groups excluding tert-OH is 3. The molecule has 0 aromatic heterocycles. The van der Waals surface area contributed by atoms with Gasteiger partial charge in [-0.3, -0.25) is 9.59 Å². The van der Waals surface area contributed by atoms with E-state index in [0.29, 0.717) is 19.3 Å². The van der Waals surface area contributed by atoms with Gasteiger partial charge in [0.15, 0.2) is 0 Å². The number of fused-ring (bicyclic) bond motifs is 5. The Labute approximate surface area is 176 Å². The highest BCUT2D eigenvalue weighted by atomic mass is 16.5. The highest BCUT2D eigenvalue weighted by Gasteiger charge is 2.75. The number of hydrogen-bond donors (Lipinski definition) is 5. The van der Waals surface area contributed by atoms with E-state index in [9.17, 15) is 35.1 Å². The van der Waals surface area contributed by atoms with Crippen LogP contribution in [0.3, 0.4) is 0 Å². The normalized spacial score (nSPS) is 52.9. The van der Waals surface area contributed by atoms with Crippen LogP contribution in [0.1, 0.15) is 58.8 Å². The SMILES string of the molecule is CCOC(=O)[C@H]1CC[C@@]2(O)[C@@H]3CC[C@]4(O)CC(=O)C[C@@H](O)[C@]4(CO)[C@H]3[C@H](O)C[C@]12C. The molecule has 0 amide bonds. The van der Waals surface area contributed by atoms with Gasteiger partial charge in [0.1, 0.15) is 5.78 Å². The van der Waals surface area contributed by atoms with Crippen molar-refractivity contribution in [1.82, 2.24) is 0 Å². The van der Waals surface area contributed by atoms with E-state index in [4.69, 9.17) is 4.74 Å². The summed E-state index contributed by atoms with van der Waals surface area (Å²) in [5, 5.41) is 56.1. The minimum atomic E-state index is -1.64. The van der Waals surface area contributed by atoms with Gasteiger partial charge in [-0.25, -0.2) is 0 Å². The summed E-state index contributed by atoms with van der Waals surface area (Å²) in [6, 6.07) is 0. The molecule has 0 aromatic carbocycles. The molecule has 4 rings (SSSR count). The van der Waals surface area contributed by atoms with E-state index in [2.05, 4.69) is 0 Å².